The zero-order valence-corrected chi connectivity index (χ0v) is 11.3. The molecule has 1 unspecified atom stereocenters. The van der Waals surface area contributed by atoms with Gasteiger partial charge in [0.2, 0.25) is 0 Å². The van der Waals surface area contributed by atoms with E-state index >= 15 is 0 Å². The summed E-state index contributed by atoms with van der Waals surface area (Å²) in [4.78, 5) is 11.4. The minimum Gasteiger partial charge on any atom is -0.466 e. The summed E-state index contributed by atoms with van der Waals surface area (Å²) in [6.45, 7) is 4.52. The summed E-state index contributed by atoms with van der Waals surface area (Å²) >= 11 is 0. The Morgan fingerprint density at radius 3 is 2.89 bits per heavy atom. The van der Waals surface area contributed by atoms with Gasteiger partial charge in [-0.2, -0.15) is 0 Å². The molecule has 1 heterocycles. The summed E-state index contributed by atoms with van der Waals surface area (Å²) in [7, 11) is 3.29. The minimum absolute atomic E-state index is 0.0736. The highest BCUT2D eigenvalue weighted by Gasteiger charge is 2.10. The van der Waals surface area contributed by atoms with Crippen molar-refractivity contribution in [3.8, 4) is 0 Å². The third kappa shape index (κ3) is 3.66. The fourth-order valence-corrected chi connectivity index (χ4v) is 1.64. The predicted molar refractivity (Wildman–Crippen MR) is 67.8 cm³/mol. The van der Waals surface area contributed by atoms with E-state index in [-0.39, 0.29) is 12.0 Å². The maximum Gasteiger partial charge on any atom is 0.333 e. The molecule has 0 fully saturated rings. The van der Waals surface area contributed by atoms with Gasteiger partial charge >= 0.3 is 5.97 Å². The molecule has 0 spiro atoms. The molecular weight excluding hydrogens is 232 g/mol. The second-order valence-corrected chi connectivity index (χ2v) is 4.00. The van der Waals surface area contributed by atoms with E-state index < -0.39 is 0 Å². The molecule has 0 amide bonds. The number of hydrogen-bond donors (Lipinski definition) is 1. The number of nitrogens with zero attached hydrogens (tertiary/aromatic N) is 3. The van der Waals surface area contributed by atoms with Crippen molar-refractivity contribution in [3.05, 3.63) is 23.8 Å². The Morgan fingerprint density at radius 2 is 2.39 bits per heavy atom. The summed E-state index contributed by atoms with van der Waals surface area (Å²) in [6, 6.07) is 0.0736. The fraction of sp³-hybridized carbons (Fsp3) is 0.583. The van der Waals surface area contributed by atoms with Crippen LogP contribution in [0.4, 0.5) is 0 Å². The quantitative estimate of drug-likeness (QED) is 0.603. The van der Waals surface area contributed by atoms with E-state index in [1.54, 1.807) is 6.33 Å². The summed E-state index contributed by atoms with van der Waals surface area (Å²) in [6.07, 6.45) is 4.17. The van der Waals surface area contributed by atoms with Crippen molar-refractivity contribution in [1.29, 1.82) is 0 Å². The molecule has 18 heavy (non-hydrogen) atoms. The first-order chi connectivity index (χ1) is 8.60. The molecule has 0 saturated carbocycles. The van der Waals surface area contributed by atoms with Crippen molar-refractivity contribution in [2.75, 3.05) is 13.7 Å². The van der Waals surface area contributed by atoms with Crippen LogP contribution in [0.1, 0.15) is 32.1 Å². The van der Waals surface area contributed by atoms with Gasteiger partial charge in [0.05, 0.1) is 13.2 Å². The van der Waals surface area contributed by atoms with Crippen LogP contribution in [0.3, 0.4) is 0 Å². The van der Waals surface area contributed by atoms with E-state index in [1.165, 1.54) is 7.11 Å². The Balaban J connectivity index is 2.53. The molecule has 0 aromatic carbocycles. The van der Waals surface area contributed by atoms with Gasteiger partial charge < -0.3 is 14.6 Å². The van der Waals surface area contributed by atoms with Gasteiger partial charge in [-0.05, 0) is 13.3 Å². The van der Waals surface area contributed by atoms with Gasteiger partial charge in [-0.25, -0.2) is 4.79 Å². The number of aromatic nitrogens is 3. The number of methoxy groups -OCH3 is 1. The molecule has 6 heteroatoms. The van der Waals surface area contributed by atoms with Gasteiger partial charge in [-0.3, -0.25) is 0 Å². The first kappa shape index (κ1) is 14.4. The van der Waals surface area contributed by atoms with Crippen LogP contribution in [-0.2, 0) is 16.6 Å². The number of rotatable bonds is 6. The van der Waals surface area contributed by atoms with Gasteiger partial charge in [0, 0.05) is 19.2 Å². The second kappa shape index (κ2) is 6.90. The number of nitrogens with one attached hydrogen (secondary N) is 1. The summed E-state index contributed by atoms with van der Waals surface area (Å²) in [5, 5.41) is 11.1. The molecular formula is C12H20N4O2. The Kier molecular flexibility index (Phi) is 5.51. The molecule has 0 radical (unpaired) electrons. The molecule has 0 aliphatic heterocycles. The number of hydrogen-bond acceptors (Lipinski definition) is 5. The molecule has 1 atom stereocenters. The topological polar surface area (TPSA) is 69.0 Å². The van der Waals surface area contributed by atoms with Crippen LogP contribution in [0.2, 0.25) is 0 Å². The van der Waals surface area contributed by atoms with Gasteiger partial charge in [0.15, 0.2) is 0 Å². The number of ether oxygens (including phenoxy) is 1. The van der Waals surface area contributed by atoms with E-state index in [0.717, 1.165) is 5.82 Å². The van der Waals surface area contributed by atoms with Crippen LogP contribution in [-0.4, -0.2) is 34.4 Å². The molecule has 0 saturated heterocycles. The number of carbonyl (C=O) groups is 1. The van der Waals surface area contributed by atoms with Crippen molar-refractivity contribution in [2.45, 2.75) is 26.3 Å². The Morgan fingerprint density at radius 1 is 1.67 bits per heavy atom. The molecule has 0 aliphatic rings. The lowest BCUT2D eigenvalue weighted by atomic mass is 10.2. The lowest BCUT2D eigenvalue weighted by molar-refractivity contribution is -0.136. The van der Waals surface area contributed by atoms with Crippen molar-refractivity contribution in [3.63, 3.8) is 0 Å². The smallest absolute Gasteiger partial charge is 0.333 e. The van der Waals surface area contributed by atoms with Crippen LogP contribution in [0, 0.1) is 0 Å². The number of esters is 1. The van der Waals surface area contributed by atoms with Crippen molar-refractivity contribution in [2.24, 2.45) is 7.05 Å². The summed E-state index contributed by atoms with van der Waals surface area (Å²) < 4.78 is 6.55. The Labute approximate surface area is 107 Å². The van der Waals surface area contributed by atoms with Crippen molar-refractivity contribution in [1.82, 2.24) is 20.1 Å². The minimum atomic E-state index is -0.273. The molecule has 1 N–H and O–H groups in total. The predicted octanol–water partition coefficient (Wildman–Crippen LogP) is 0.975. The van der Waals surface area contributed by atoms with E-state index in [4.69, 9.17) is 4.74 Å². The van der Waals surface area contributed by atoms with Crippen LogP contribution in [0.15, 0.2) is 18.0 Å². The van der Waals surface area contributed by atoms with E-state index in [9.17, 15) is 4.79 Å². The Hall–Kier alpha value is -1.69. The maximum atomic E-state index is 11.4. The number of carbonyl (C=O) groups excluding carboxylic acids is 1. The molecule has 0 aliphatic carbocycles. The van der Waals surface area contributed by atoms with Crippen LogP contribution < -0.4 is 5.32 Å². The highest BCUT2D eigenvalue weighted by Crippen LogP contribution is 2.07. The monoisotopic (exact) mass is 252 g/mol. The van der Waals surface area contributed by atoms with Crippen molar-refractivity contribution >= 4 is 5.97 Å². The molecule has 100 valence electrons. The zero-order valence-electron chi connectivity index (χ0n) is 11.3. The van der Waals surface area contributed by atoms with Crippen molar-refractivity contribution < 1.29 is 9.53 Å². The number of aryl methyl sites for hydroxylation is 1. The lowest BCUT2D eigenvalue weighted by Crippen LogP contribution is -2.22. The lowest BCUT2D eigenvalue weighted by Gasteiger charge is -2.11. The summed E-state index contributed by atoms with van der Waals surface area (Å²) in [5.41, 5.74) is 0.676. The average Bonchev–Trinajstić information content (AvgIpc) is 2.80. The zero-order chi connectivity index (χ0) is 13.5. The van der Waals surface area contributed by atoms with E-state index in [2.05, 4.69) is 15.5 Å². The second-order valence-electron chi connectivity index (χ2n) is 4.00. The van der Waals surface area contributed by atoms with Crippen LogP contribution >= 0.6 is 0 Å². The molecule has 1 aromatic rings. The van der Waals surface area contributed by atoms with E-state index in [1.807, 2.05) is 31.5 Å². The highest BCUT2D eigenvalue weighted by atomic mass is 16.5. The van der Waals surface area contributed by atoms with Gasteiger partial charge in [0.25, 0.3) is 0 Å². The average molecular weight is 252 g/mol. The first-order valence-corrected chi connectivity index (χ1v) is 5.94. The maximum absolute atomic E-state index is 11.4. The fourth-order valence-electron chi connectivity index (χ4n) is 1.64. The summed E-state index contributed by atoms with van der Waals surface area (Å²) in [5.74, 6) is 0.588. The van der Waals surface area contributed by atoms with E-state index in [0.29, 0.717) is 18.5 Å². The molecule has 1 rings (SSSR count). The highest BCUT2D eigenvalue weighted by molar-refractivity contribution is 5.88. The molecule has 0 bridgehead atoms. The third-order valence-electron chi connectivity index (χ3n) is 2.73. The third-order valence-corrected chi connectivity index (χ3v) is 2.73. The van der Waals surface area contributed by atoms with Crippen LogP contribution in [0.5, 0.6) is 0 Å². The van der Waals surface area contributed by atoms with Crippen LogP contribution in [0.25, 0.3) is 0 Å². The van der Waals surface area contributed by atoms with Gasteiger partial charge in [-0.15, -0.1) is 10.2 Å². The standard InChI is InChI=1S/C12H20N4O2/c1-5-10(12(17)18-4)6-7-13-9(2)11-15-14-8-16(11)3/h6,8-9,13H,5,7H2,1-4H3. The first-order valence-electron chi connectivity index (χ1n) is 5.94. The SMILES string of the molecule is CCC(=CCNC(C)c1nncn1C)C(=O)OC. The molecule has 6 nitrogen and oxygen atoms in total. The molecule has 1 aromatic heterocycles. The van der Waals surface area contributed by atoms with Gasteiger partial charge in [0.1, 0.15) is 12.2 Å². The van der Waals surface area contributed by atoms with Gasteiger partial charge in [-0.1, -0.05) is 13.0 Å². The largest absolute Gasteiger partial charge is 0.466 e. The normalized spacial score (nSPS) is 13.4. The Bertz CT molecular complexity index is 425.